The highest BCUT2D eigenvalue weighted by molar-refractivity contribution is 5.97. The highest BCUT2D eigenvalue weighted by atomic mass is 16.4. The number of fused-ring (bicyclic) bond motifs is 1. The van der Waals surface area contributed by atoms with Gasteiger partial charge in [-0.2, -0.15) is 0 Å². The molecule has 0 atom stereocenters. The summed E-state index contributed by atoms with van der Waals surface area (Å²) in [4.78, 5) is 22.5. The number of aromatic carboxylic acids is 1. The number of nitrogens with two attached hydrogens (primary N) is 1. The van der Waals surface area contributed by atoms with E-state index in [0.717, 1.165) is 0 Å². The zero-order valence-corrected chi connectivity index (χ0v) is 11.3. The third-order valence-electron chi connectivity index (χ3n) is 3.24. The van der Waals surface area contributed by atoms with Crippen LogP contribution in [-0.4, -0.2) is 5.97 Å². The van der Waals surface area contributed by atoms with Crippen LogP contribution >= 0.6 is 0 Å². The summed E-state index contributed by atoms with van der Waals surface area (Å²) in [6.07, 6.45) is 0. The monoisotopic (exact) mass is 295 g/mol. The van der Waals surface area contributed by atoms with E-state index in [1.165, 1.54) is 12.1 Å². The molecule has 22 heavy (non-hydrogen) atoms. The molecule has 0 saturated heterocycles. The minimum Gasteiger partial charge on any atom is -0.545 e. The summed E-state index contributed by atoms with van der Waals surface area (Å²) in [5, 5.41) is 14.4. The maximum atomic E-state index is 11.8. The molecule has 2 aromatic carbocycles. The van der Waals surface area contributed by atoms with Crippen LogP contribution in [0.5, 0.6) is 0 Å². The number of nitrogen functional groups attached to an aromatic ring is 1. The van der Waals surface area contributed by atoms with Crippen molar-refractivity contribution in [1.29, 1.82) is 0 Å². The van der Waals surface area contributed by atoms with Crippen molar-refractivity contribution in [3.8, 4) is 0 Å². The van der Waals surface area contributed by atoms with Crippen molar-refractivity contribution in [3.63, 3.8) is 0 Å². The van der Waals surface area contributed by atoms with Gasteiger partial charge in [-0.3, -0.25) is 0 Å². The van der Waals surface area contributed by atoms with Crippen molar-refractivity contribution >= 4 is 34.0 Å². The summed E-state index contributed by atoms with van der Waals surface area (Å²) in [5.74, 6) is -1.25. The smallest absolute Gasteiger partial charge is 0.361 e. The third kappa shape index (κ3) is 2.37. The van der Waals surface area contributed by atoms with Gasteiger partial charge in [0, 0.05) is 11.1 Å². The summed E-state index contributed by atoms with van der Waals surface area (Å²) in [5.41, 5.74) is 6.62. The molecule has 6 heteroatoms. The second kappa shape index (κ2) is 5.25. The zero-order chi connectivity index (χ0) is 15.7. The van der Waals surface area contributed by atoms with Crippen molar-refractivity contribution < 1.29 is 14.3 Å². The third-order valence-corrected chi connectivity index (χ3v) is 3.24. The molecule has 0 fully saturated rings. The lowest BCUT2D eigenvalue weighted by Gasteiger charge is -2.12. The lowest BCUT2D eigenvalue weighted by atomic mass is 10.1. The molecule has 0 spiro atoms. The first kappa shape index (κ1) is 13.7. The second-order valence-electron chi connectivity index (χ2n) is 4.66. The van der Waals surface area contributed by atoms with Crippen molar-refractivity contribution in [3.05, 3.63) is 64.5 Å². The highest BCUT2D eigenvalue weighted by Gasteiger charge is 2.11. The van der Waals surface area contributed by atoms with Crippen molar-refractivity contribution in [2.75, 3.05) is 11.1 Å². The Hall–Kier alpha value is -3.28. The largest absolute Gasteiger partial charge is 0.545 e. The average molecular weight is 295 g/mol. The van der Waals surface area contributed by atoms with Crippen molar-refractivity contribution in [2.24, 2.45) is 0 Å². The standard InChI is InChI=1S/C16H12N2O4/c17-13-14(11-3-1-2-4-12(11)22-16(13)21)18-10-7-5-9(6-8-10)15(19)20/h1-8,18H,17H2,(H,19,20)/p-1. The quantitative estimate of drug-likeness (QED) is 0.708. The molecule has 1 heterocycles. The number of carboxylic acid groups (broad SMARTS) is 1. The van der Waals surface area contributed by atoms with E-state index in [1.54, 1.807) is 36.4 Å². The van der Waals surface area contributed by atoms with E-state index in [2.05, 4.69) is 5.32 Å². The molecule has 6 nitrogen and oxygen atoms in total. The van der Waals surface area contributed by atoms with Gasteiger partial charge in [-0.05, 0) is 29.8 Å². The summed E-state index contributed by atoms with van der Waals surface area (Å²) in [6.45, 7) is 0. The topological polar surface area (TPSA) is 108 Å². The molecule has 0 saturated carbocycles. The highest BCUT2D eigenvalue weighted by Crippen LogP contribution is 2.29. The molecule has 0 bridgehead atoms. The molecule has 0 aliphatic rings. The Morgan fingerprint density at radius 3 is 2.45 bits per heavy atom. The first-order valence-electron chi connectivity index (χ1n) is 6.46. The van der Waals surface area contributed by atoms with Gasteiger partial charge in [0.1, 0.15) is 11.3 Å². The Bertz CT molecular complexity index is 914. The minimum absolute atomic E-state index is 0.0392. The van der Waals surface area contributed by atoms with E-state index in [0.29, 0.717) is 22.3 Å². The Morgan fingerprint density at radius 2 is 1.77 bits per heavy atom. The Labute approximate surface area is 124 Å². The number of hydrogen-bond acceptors (Lipinski definition) is 6. The molecule has 0 aliphatic heterocycles. The van der Waals surface area contributed by atoms with Gasteiger partial charge >= 0.3 is 5.63 Å². The Morgan fingerprint density at radius 1 is 1.09 bits per heavy atom. The summed E-state index contributed by atoms with van der Waals surface area (Å²) >= 11 is 0. The molecule has 3 aromatic rings. The van der Waals surface area contributed by atoms with Crippen molar-refractivity contribution in [1.82, 2.24) is 0 Å². The molecule has 0 unspecified atom stereocenters. The Balaban J connectivity index is 2.08. The van der Waals surface area contributed by atoms with Crippen LogP contribution in [0.2, 0.25) is 0 Å². The van der Waals surface area contributed by atoms with E-state index < -0.39 is 11.6 Å². The number of anilines is 3. The number of carboxylic acids is 1. The fourth-order valence-corrected chi connectivity index (χ4v) is 2.13. The molecule has 0 amide bonds. The van der Waals surface area contributed by atoms with Crippen molar-refractivity contribution in [2.45, 2.75) is 0 Å². The van der Waals surface area contributed by atoms with E-state index in [1.807, 2.05) is 0 Å². The minimum atomic E-state index is -1.25. The summed E-state index contributed by atoms with van der Waals surface area (Å²) in [6, 6.07) is 12.9. The van der Waals surface area contributed by atoms with Gasteiger partial charge in [-0.1, -0.05) is 24.3 Å². The van der Waals surface area contributed by atoms with E-state index in [-0.39, 0.29) is 11.3 Å². The summed E-state index contributed by atoms with van der Waals surface area (Å²) < 4.78 is 5.11. The van der Waals surface area contributed by atoms with Gasteiger partial charge in [-0.15, -0.1) is 0 Å². The van der Waals surface area contributed by atoms with E-state index >= 15 is 0 Å². The lowest BCUT2D eigenvalue weighted by molar-refractivity contribution is -0.255. The molecular weight excluding hydrogens is 284 g/mol. The number of benzene rings is 2. The number of rotatable bonds is 3. The number of para-hydroxylation sites is 1. The molecule has 3 N–H and O–H groups in total. The van der Waals surface area contributed by atoms with Gasteiger partial charge in [0.15, 0.2) is 0 Å². The van der Waals surface area contributed by atoms with E-state index in [4.69, 9.17) is 10.2 Å². The SMILES string of the molecule is Nc1c(Nc2ccc(C(=O)[O-])cc2)c2ccccc2oc1=O. The van der Waals surface area contributed by atoms with E-state index in [9.17, 15) is 14.7 Å². The first-order valence-corrected chi connectivity index (χ1v) is 6.46. The predicted molar refractivity (Wildman–Crippen MR) is 81.0 cm³/mol. The van der Waals surface area contributed by atoms with Crippen LogP contribution in [0, 0.1) is 0 Å². The van der Waals surface area contributed by atoms with Gasteiger partial charge in [0.25, 0.3) is 0 Å². The molecule has 0 radical (unpaired) electrons. The lowest BCUT2D eigenvalue weighted by Crippen LogP contribution is -2.21. The Kier molecular flexibility index (Phi) is 3.27. The van der Waals surface area contributed by atoms with Crippen LogP contribution in [0.25, 0.3) is 11.0 Å². The van der Waals surface area contributed by atoms with Crippen LogP contribution in [0.1, 0.15) is 10.4 Å². The maximum Gasteiger partial charge on any atom is 0.361 e. The fourth-order valence-electron chi connectivity index (χ4n) is 2.13. The van der Waals surface area contributed by atoms with Gasteiger partial charge in [0.05, 0.1) is 11.7 Å². The predicted octanol–water partition coefficient (Wildman–Crippen LogP) is 1.48. The van der Waals surface area contributed by atoms with Crippen LogP contribution in [-0.2, 0) is 0 Å². The van der Waals surface area contributed by atoms with Gasteiger partial charge < -0.3 is 25.4 Å². The van der Waals surface area contributed by atoms with Crippen LogP contribution < -0.4 is 21.8 Å². The van der Waals surface area contributed by atoms with Gasteiger partial charge in [0.2, 0.25) is 0 Å². The number of hydrogen-bond donors (Lipinski definition) is 2. The van der Waals surface area contributed by atoms with Gasteiger partial charge in [-0.25, -0.2) is 4.79 Å². The van der Waals surface area contributed by atoms with Crippen LogP contribution in [0.15, 0.2) is 57.7 Å². The zero-order valence-electron chi connectivity index (χ0n) is 11.3. The van der Waals surface area contributed by atoms with Crippen LogP contribution in [0.4, 0.5) is 17.1 Å². The fraction of sp³-hybridized carbons (Fsp3) is 0. The maximum absolute atomic E-state index is 11.8. The normalized spacial score (nSPS) is 10.5. The molecule has 0 aliphatic carbocycles. The number of carbonyl (C=O) groups is 1. The van der Waals surface area contributed by atoms with Crippen LogP contribution in [0.3, 0.4) is 0 Å². The number of carbonyl (C=O) groups excluding carboxylic acids is 1. The summed E-state index contributed by atoms with van der Waals surface area (Å²) in [7, 11) is 0. The number of nitrogens with one attached hydrogen (secondary N) is 1. The second-order valence-corrected chi connectivity index (χ2v) is 4.66. The molecule has 110 valence electrons. The molecule has 3 rings (SSSR count). The average Bonchev–Trinajstić information content (AvgIpc) is 2.52. The molecular formula is C16H11N2O4-. The first-order chi connectivity index (χ1) is 10.6. The molecule has 1 aromatic heterocycles.